The lowest BCUT2D eigenvalue weighted by atomic mass is 9.33. The Morgan fingerprint density at radius 2 is 0.848 bits per heavy atom. The van der Waals surface area contributed by atoms with Gasteiger partial charge < -0.3 is 9.80 Å². The van der Waals surface area contributed by atoms with Crippen molar-refractivity contribution in [3.05, 3.63) is 175 Å². The average Bonchev–Trinajstić information content (AvgIpc) is 3.12. The SMILES string of the molecule is Cc1cc2c3c(c1)N(c1ccccc1)c1ccc(-c4ccccc4)cc1B3c1ccccc1N2c1ccc(-c2ccccc2)cc1. The van der Waals surface area contributed by atoms with Crippen LogP contribution in [-0.2, 0) is 0 Å². The molecule has 2 nitrogen and oxygen atoms in total. The van der Waals surface area contributed by atoms with Crippen LogP contribution in [0, 0.1) is 6.92 Å². The lowest BCUT2D eigenvalue weighted by Gasteiger charge is -2.44. The first-order valence-corrected chi connectivity index (χ1v) is 16.0. The van der Waals surface area contributed by atoms with E-state index in [9.17, 15) is 0 Å². The van der Waals surface area contributed by atoms with Gasteiger partial charge in [0.2, 0.25) is 0 Å². The van der Waals surface area contributed by atoms with Crippen molar-refractivity contribution in [1.82, 2.24) is 0 Å². The summed E-state index contributed by atoms with van der Waals surface area (Å²) < 4.78 is 0. The first kappa shape index (κ1) is 26.6. The Morgan fingerprint density at radius 1 is 0.370 bits per heavy atom. The Labute approximate surface area is 270 Å². The third-order valence-corrected chi connectivity index (χ3v) is 9.47. The molecule has 0 bridgehead atoms. The summed E-state index contributed by atoms with van der Waals surface area (Å²) in [6.07, 6.45) is 0. The third kappa shape index (κ3) is 4.20. The second-order valence-electron chi connectivity index (χ2n) is 12.3. The largest absolute Gasteiger partial charge is 0.311 e. The highest BCUT2D eigenvalue weighted by molar-refractivity contribution is 7.00. The predicted octanol–water partition coefficient (Wildman–Crippen LogP) is 9.41. The van der Waals surface area contributed by atoms with Crippen molar-refractivity contribution >= 4 is 57.2 Å². The summed E-state index contributed by atoms with van der Waals surface area (Å²) in [7, 11) is 0. The van der Waals surface area contributed by atoms with Crippen molar-refractivity contribution in [3.63, 3.8) is 0 Å². The van der Waals surface area contributed by atoms with Gasteiger partial charge in [-0.1, -0.05) is 121 Å². The number of nitrogens with zero attached hydrogens (tertiary/aromatic N) is 2. The van der Waals surface area contributed by atoms with Crippen LogP contribution in [-0.4, -0.2) is 6.71 Å². The average molecular weight is 587 g/mol. The van der Waals surface area contributed by atoms with Crippen LogP contribution in [0.1, 0.15) is 5.56 Å². The van der Waals surface area contributed by atoms with E-state index in [0.29, 0.717) is 0 Å². The van der Waals surface area contributed by atoms with Gasteiger partial charge in [-0.3, -0.25) is 0 Å². The molecule has 216 valence electrons. The molecule has 2 heterocycles. The van der Waals surface area contributed by atoms with Gasteiger partial charge in [0.25, 0.3) is 6.71 Å². The van der Waals surface area contributed by atoms with Gasteiger partial charge in [0.15, 0.2) is 0 Å². The number of para-hydroxylation sites is 2. The molecule has 0 aromatic heterocycles. The van der Waals surface area contributed by atoms with Crippen LogP contribution < -0.4 is 26.2 Å². The van der Waals surface area contributed by atoms with E-state index in [1.165, 1.54) is 72.6 Å². The molecular weight excluding hydrogens is 555 g/mol. The highest BCUT2D eigenvalue weighted by Gasteiger charge is 2.43. The number of anilines is 6. The maximum absolute atomic E-state index is 2.47. The van der Waals surface area contributed by atoms with E-state index in [4.69, 9.17) is 0 Å². The van der Waals surface area contributed by atoms with Gasteiger partial charge in [-0.25, -0.2) is 0 Å². The van der Waals surface area contributed by atoms with Crippen LogP contribution in [0.4, 0.5) is 34.1 Å². The standard InChI is InChI=1S/C43H31BN2/c1-30-27-41-43-42(28-30)46(36-24-21-33(22-25-36)31-13-5-2-6-14-31)39-20-12-11-19-37(39)44(43)38-29-34(32-15-7-3-8-16-32)23-26-40(38)45(41)35-17-9-4-10-18-35/h2-29H,1H3. The minimum Gasteiger partial charge on any atom is -0.311 e. The molecule has 0 aliphatic carbocycles. The van der Waals surface area contributed by atoms with E-state index >= 15 is 0 Å². The van der Waals surface area contributed by atoms with E-state index < -0.39 is 0 Å². The summed E-state index contributed by atoms with van der Waals surface area (Å²) in [5, 5.41) is 0. The van der Waals surface area contributed by atoms with Crippen molar-refractivity contribution in [2.75, 3.05) is 9.80 Å². The molecule has 0 atom stereocenters. The van der Waals surface area contributed by atoms with E-state index in [-0.39, 0.29) is 6.71 Å². The molecular formula is C43H31BN2. The molecule has 2 aliphatic heterocycles. The van der Waals surface area contributed by atoms with Gasteiger partial charge in [0, 0.05) is 34.1 Å². The maximum Gasteiger partial charge on any atom is 0.252 e. The fourth-order valence-corrected chi connectivity index (χ4v) is 7.47. The number of rotatable bonds is 4. The van der Waals surface area contributed by atoms with E-state index in [2.05, 4.69) is 187 Å². The van der Waals surface area contributed by atoms with Crippen molar-refractivity contribution in [2.45, 2.75) is 6.92 Å². The van der Waals surface area contributed by atoms with Gasteiger partial charge >= 0.3 is 0 Å². The molecule has 0 spiro atoms. The van der Waals surface area contributed by atoms with Crippen molar-refractivity contribution < 1.29 is 0 Å². The van der Waals surface area contributed by atoms with Crippen molar-refractivity contribution in [3.8, 4) is 22.3 Å². The Balaban J connectivity index is 1.30. The van der Waals surface area contributed by atoms with Gasteiger partial charge in [-0.05, 0) is 99.7 Å². The van der Waals surface area contributed by atoms with E-state index in [0.717, 1.165) is 5.69 Å². The van der Waals surface area contributed by atoms with Gasteiger partial charge in [-0.15, -0.1) is 0 Å². The Bertz CT molecular complexity index is 2210. The van der Waals surface area contributed by atoms with Gasteiger partial charge in [-0.2, -0.15) is 0 Å². The van der Waals surface area contributed by atoms with Gasteiger partial charge in [0.1, 0.15) is 0 Å². The molecule has 2 aliphatic rings. The first-order chi connectivity index (χ1) is 22.7. The molecule has 7 aromatic carbocycles. The minimum atomic E-state index is 0.0975. The van der Waals surface area contributed by atoms with Crippen molar-refractivity contribution in [2.24, 2.45) is 0 Å². The topological polar surface area (TPSA) is 6.48 Å². The quantitative estimate of drug-likeness (QED) is 0.190. The summed E-state index contributed by atoms with van der Waals surface area (Å²) in [4.78, 5) is 4.94. The predicted molar refractivity (Wildman–Crippen MR) is 196 cm³/mol. The number of benzene rings is 7. The molecule has 7 aromatic rings. The van der Waals surface area contributed by atoms with Crippen LogP contribution in [0.2, 0.25) is 0 Å². The van der Waals surface area contributed by atoms with Crippen LogP contribution in [0.3, 0.4) is 0 Å². The zero-order valence-electron chi connectivity index (χ0n) is 25.6. The number of aryl methyl sites for hydroxylation is 1. The monoisotopic (exact) mass is 586 g/mol. The molecule has 46 heavy (non-hydrogen) atoms. The highest BCUT2D eigenvalue weighted by Crippen LogP contribution is 2.45. The maximum atomic E-state index is 2.47. The fourth-order valence-electron chi connectivity index (χ4n) is 7.47. The minimum absolute atomic E-state index is 0.0975. The smallest absolute Gasteiger partial charge is 0.252 e. The molecule has 0 saturated heterocycles. The summed E-state index contributed by atoms with van der Waals surface area (Å²) in [5.41, 5.74) is 17.4. The van der Waals surface area contributed by atoms with Crippen LogP contribution >= 0.6 is 0 Å². The molecule has 0 fully saturated rings. The molecule has 9 rings (SSSR count). The zero-order valence-corrected chi connectivity index (χ0v) is 25.6. The first-order valence-electron chi connectivity index (χ1n) is 16.0. The lowest BCUT2D eigenvalue weighted by molar-refractivity contribution is 1.24. The molecule has 0 N–H and O–H groups in total. The normalized spacial score (nSPS) is 12.8. The van der Waals surface area contributed by atoms with Crippen LogP contribution in [0.5, 0.6) is 0 Å². The Hall–Kier alpha value is -5.80. The number of fused-ring (bicyclic) bond motifs is 4. The van der Waals surface area contributed by atoms with E-state index in [1.807, 2.05) is 0 Å². The fraction of sp³-hybridized carbons (Fsp3) is 0.0233. The Morgan fingerprint density at radius 3 is 1.50 bits per heavy atom. The van der Waals surface area contributed by atoms with Gasteiger partial charge in [0.05, 0.1) is 0 Å². The summed E-state index contributed by atoms with van der Waals surface area (Å²) >= 11 is 0. The number of hydrogen-bond acceptors (Lipinski definition) is 2. The lowest BCUT2D eigenvalue weighted by Crippen LogP contribution is -2.61. The second-order valence-corrected chi connectivity index (χ2v) is 12.3. The Kier molecular flexibility index (Phi) is 6.17. The summed E-state index contributed by atoms with van der Waals surface area (Å²) in [5.74, 6) is 0. The molecule has 0 radical (unpaired) electrons. The zero-order chi connectivity index (χ0) is 30.6. The number of hydrogen-bond donors (Lipinski definition) is 0. The molecule has 0 amide bonds. The summed E-state index contributed by atoms with van der Waals surface area (Å²) in [6, 6.07) is 62.0. The molecule has 3 heteroatoms. The highest BCUT2D eigenvalue weighted by atomic mass is 15.2. The van der Waals surface area contributed by atoms with Crippen LogP contribution in [0.25, 0.3) is 22.3 Å². The molecule has 0 unspecified atom stereocenters. The second kappa shape index (κ2) is 10.7. The molecule has 0 saturated carbocycles. The van der Waals surface area contributed by atoms with E-state index in [1.54, 1.807) is 0 Å². The van der Waals surface area contributed by atoms with Crippen molar-refractivity contribution in [1.29, 1.82) is 0 Å². The van der Waals surface area contributed by atoms with Crippen LogP contribution in [0.15, 0.2) is 170 Å². The summed E-state index contributed by atoms with van der Waals surface area (Å²) in [6.45, 7) is 2.32. The third-order valence-electron chi connectivity index (χ3n) is 9.47.